The Hall–Kier alpha value is -3.66. The average molecular weight is 429 g/mol. The molecule has 164 valence electrons. The van der Waals surface area contributed by atoms with Gasteiger partial charge in [0.2, 0.25) is 5.91 Å². The monoisotopic (exact) mass is 429 g/mol. The topological polar surface area (TPSA) is 120 Å². The third-order valence-electron chi connectivity index (χ3n) is 4.76. The van der Waals surface area contributed by atoms with Crippen LogP contribution in [0.3, 0.4) is 0 Å². The molecule has 10 heteroatoms. The van der Waals surface area contributed by atoms with Gasteiger partial charge in [-0.05, 0) is 24.6 Å². The zero-order chi connectivity index (χ0) is 22.4. The highest BCUT2D eigenvalue weighted by Gasteiger charge is 2.26. The first kappa shape index (κ1) is 22.0. The molecule has 0 bridgehead atoms. The van der Waals surface area contributed by atoms with Crippen molar-refractivity contribution in [3.05, 3.63) is 52.1 Å². The van der Waals surface area contributed by atoms with E-state index in [4.69, 9.17) is 14.2 Å². The Balaban J connectivity index is 1.87. The van der Waals surface area contributed by atoms with Gasteiger partial charge in [-0.2, -0.15) is 0 Å². The minimum atomic E-state index is -0.682. The molecule has 1 N–H and O–H groups in total. The van der Waals surface area contributed by atoms with Crippen molar-refractivity contribution in [3.8, 4) is 11.5 Å². The van der Waals surface area contributed by atoms with Crippen molar-refractivity contribution < 1.29 is 28.7 Å². The van der Waals surface area contributed by atoms with E-state index in [-0.39, 0.29) is 36.2 Å². The minimum Gasteiger partial charge on any atom is -0.493 e. The Morgan fingerprint density at radius 1 is 1.19 bits per heavy atom. The molecule has 1 aliphatic heterocycles. The van der Waals surface area contributed by atoms with E-state index in [0.29, 0.717) is 24.3 Å². The lowest BCUT2D eigenvalue weighted by molar-refractivity contribution is -0.385. The molecule has 0 aromatic heterocycles. The zero-order valence-electron chi connectivity index (χ0n) is 17.3. The summed E-state index contributed by atoms with van der Waals surface area (Å²) in [7, 11) is 2.88. The van der Waals surface area contributed by atoms with Crippen LogP contribution in [0.25, 0.3) is 0 Å². The Morgan fingerprint density at radius 2 is 2.00 bits per heavy atom. The third kappa shape index (κ3) is 5.10. The smallest absolute Gasteiger partial charge is 0.286 e. The van der Waals surface area contributed by atoms with E-state index in [0.717, 1.165) is 12.5 Å². The number of nitrogens with zero attached hydrogens (tertiary/aromatic N) is 2. The number of nitro benzene ring substituents is 1. The van der Waals surface area contributed by atoms with Crippen molar-refractivity contribution in [2.75, 3.05) is 44.2 Å². The summed E-state index contributed by atoms with van der Waals surface area (Å²) >= 11 is 0. The summed E-state index contributed by atoms with van der Waals surface area (Å²) in [6, 6.07) is 9.21. The van der Waals surface area contributed by atoms with Crippen LogP contribution in [0, 0.1) is 10.1 Å². The molecule has 2 aromatic rings. The van der Waals surface area contributed by atoms with Gasteiger partial charge in [-0.1, -0.05) is 6.07 Å². The summed E-state index contributed by atoms with van der Waals surface area (Å²) in [5, 5.41) is 14.2. The van der Waals surface area contributed by atoms with Gasteiger partial charge in [0.1, 0.15) is 12.2 Å². The molecule has 1 aliphatic rings. The number of carbonyl (C=O) groups is 2. The quantitative estimate of drug-likeness (QED) is 0.369. The number of anilines is 2. The zero-order valence-corrected chi connectivity index (χ0v) is 17.3. The number of benzene rings is 2. The molecule has 1 heterocycles. The van der Waals surface area contributed by atoms with E-state index < -0.39 is 16.5 Å². The van der Waals surface area contributed by atoms with Crippen LogP contribution in [0.4, 0.5) is 17.1 Å². The van der Waals surface area contributed by atoms with Crippen molar-refractivity contribution >= 4 is 28.9 Å². The van der Waals surface area contributed by atoms with Gasteiger partial charge < -0.3 is 24.4 Å². The molecule has 0 atom stereocenters. The fourth-order valence-electron chi connectivity index (χ4n) is 3.26. The van der Waals surface area contributed by atoms with Crippen LogP contribution in [0.1, 0.15) is 23.2 Å². The molecule has 0 radical (unpaired) electrons. The maximum atomic E-state index is 12.9. The van der Waals surface area contributed by atoms with Gasteiger partial charge in [0, 0.05) is 37.5 Å². The molecule has 1 saturated heterocycles. The summed E-state index contributed by atoms with van der Waals surface area (Å²) in [5.41, 5.74) is 0.477. The summed E-state index contributed by atoms with van der Waals surface area (Å²) in [6.45, 7) is 1.07. The van der Waals surface area contributed by atoms with Crippen LogP contribution in [-0.2, 0) is 9.53 Å². The molecular formula is C21H23N3O7. The molecule has 2 aromatic carbocycles. The fraction of sp³-hybridized carbons (Fsp3) is 0.333. The van der Waals surface area contributed by atoms with E-state index in [1.807, 2.05) is 0 Å². The van der Waals surface area contributed by atoms with Crippen molar-refractivity contribution in [3.63, 3.8) is 0 Å². The van der Waals surface area contributed by atoms with Crippen molar-refractivity contribution in [2.45, 2.75) is 12.8 Å². The number of methoxy groups -OCH3 is 2. The lowest BCUT2D eigenvalue weighted by atomic mass is 10.1. The molecule has 0 aliphatic carbocycles. The highest BCUT2D eigenvalue weighted by molar-refractivity contribution is 6.08. The largest absolute Gasteiger partial charge is 0.493 e. The predicted octanol–water partition coefficient (Wildman–Crippen LogP) is 3.01. The van der Waals surface area contributed by atoms with Crippen molar-refractivity contribution in [1.29, 1.82) is 0 Å². The first-order chi connectivity index (χ1) is 14.9. The number of carbonyl (C=O) groups excluding carboxylic acids is 2. The normalized spacial score (nSPS) is 13.2. The molecular weight excluding hydrogens is 406 g/mol. The molecule has 0 unspecified atom stereocenters. The van der Waals surface area contributed by atoms with Gasteiger partial charge in [-0.3, -0.25) is 19.7 Å². The first-order valence-corrected chi connectivity index (χ1v) is 9.64. The number of hydrogen-bond acceptors (Lipinski definition) is 7. The predicted molar refractivity (Wildman–Crippen MR) is 113 cm³/mol. The lowest BCUT2D eigenvalue weighted by Gasteiger charge is -2.17. The van der Waals surface area contributed by atoms with Gasteiger partial charge in [0.15, 0.2) is 11.5 Å². The van der Waals surface area contributed by atoms with E-state index in [2.05, 4.69) is 5.32 Å². The summed E-state index contributed by atoms with van der Waals surface area (Å²) in [5.74, 6) is -0.341. The van der Waals surface area contributed by atoms with E-state index in [1.165, 1.54) is 20.3 Å². The molecule has 0 spiro atoms. The Labute approximate surface area is 178 Å². The number of nitrogens with one attached hydrogen (secondary N) is 1. The molecule has 1 fully saturated rings. The van der Waals surface area contributed by atoms with Gasteiger partial charge in [-0.15, -0.1) is 0 Å². The van der Waals surface area contributed by atoms with Crippen molar-refractivity contribution in [1.82, 2.24) is 0 Å². The standard InChI is InChI=1S/C21H23N3O7/c1-29-9-10-31-19-13-17(24(27)28)16(12-18(19)30-2)21(26)22-14-5-3-6-15(11-14)23-8-4-7-20(23)25/h3,5-6,11-13H,4,7-10H2,1-2H3,(H,22,26). The third-order valence-corrected chi connectivity index (χ3v) is 4.76. The molecule has 0 saturated carbocycles. The highest BCUT2D eigenvalue weighted by atomic mass is 16.6. The second-order valence-corrected chi connectivity index (χ2v) is 6.77. The van der Waals surface area contributed by atoms with E-state index in [9.17, 15) is 19.7 Å². The molecule has 10 nitrogen and oxygen atoms in total. The van der Waals surface area contributed by atoms with Crippen molar-refractivity contribution in [2.24, 2.45) is 0 Å². The summed E-state index contributed by atoms with van der Waals surface area (Å²) in [4.78, 5) is 37.4. The van der Waals surface area contributed by atoms with Gasteiger partial charge in [-0.25, -0.2) is 0 Å². The molecule has 2 amide bonds. The van der Waals surface area contributed by atoms with Crippen LogP contribution in [0.15, 0.2) is 36.4 Å². The Bertz CT molecular complexity index is 993. The summed E-state index contributed by atoms with van der Waals surface area (Å²) in [6.07, 6.45) is 1.27. The Kier molecular flexibility index (Phi) is 7.03. The number of rotatable bonds is 9. The molecule has 31 heavy (non-hydrogen) atoms. The van der Waals surface area contributed by atoms with Crippen LogP contribution in [-0.4, -0.2) is 50.7 Å². The van der Waals surface area contributed by atoms with Crippen LogP contribution in [0.2, 0.25) is 0 Å². The maximum Gasteiger partial charge on any atom is 0.286 e. The molecule has 3 rings (SSSR count). The number of hydrogen-bond donors (Lipinski definition) is 1. The van der Waals surface area contributed by atoms with Gasteiger partial charge in [0.05, 0.1) is 24.7 Å². The van der Waals surface area contributed by atoms with E-state index in [1.54, 1.807) is 29.2 Å². The fourth-order valence-corrected chi connectivity index (χ4v) is 3.26. The summed E-state index contributed by atoms with van der Waals surface area (Å²) < 4.78 is 15.6. The van der Waals surface area contributed by atoms with Gasteiger partial charge >= 0.3 is 0 Å². The first-order valence-electron chi connectivity index (χ1n) is 9.64. The minimum absolute atomic E-state index is 0.0212. The Morgan fingerprint density at radius 3 is 2.65 bits per heavy atom. The van der Waals surface area contributed by atoms with E-state index >= 15 is 0 Å². The van der Waals surface area contributed by atoms with Crippen LogP contribution in [0.5, 0.6) is 11.5 Å². The second-order valence-electron chi connectivity index (χ2n) is 6.77. The van der Waals surface area contributed by atoms with Gasteiger partial charge in [0.25, 0.3) is 11.6 Å². The SMILES string of the molecule is COCCOc1cc([N+](=O)[O-])c(C(=O)Nc2cccc(N3CCCC3=O)c2)cc1OC. The second kappa shape index (κ2) is 9.90. The van der Waals surface area contributed by atoms with Crippen LogP contribution < -0.4 is 19.7 Å². The highest BCUT2D eigenvalue weighted by Crippen LogP contribution is 2.35. The lowest BCUT2D eigenvalue weighted by Crippen LogP contribution is -2.23. The average Bonchev–Trinajstić information content (AvgIpc) is 3.19. The maximum absolute atomic E-state index is 12.9. The number of amides is 2. The number of nitro groups is 1. The number of ether oxygens (including phenoxy) is 3. The van der Waals surface area contributed by atoms with Crippen LogP contribution >= 0.6 is 0 Å².